The molecular weight excluding hydrogens is 212 g/mol. The van der Waals surface area contributed by atoms with Crippen molar-refractivity contribution in [2.75, 3.05) is 27.3 Å². The summed E-state index contributed by atoms with van der Waals surface area (Å²) in [6.45, 7) is 1.24. The van der Waals surface area contributed by atoms with Crippen molar-refractivity contribution in [3.8, 4) is 0 Å². The third-order valence-corrected chi connectivity index (χ3v) is 2.01. The molecule has 0 unspecified atom stereocenters. The number of nitrogens with one attached hydrogen (secondary N) is 2. The van der Waals surface area contributed by atoms with Crippen molar-refractivity contribution in [1.82, 2.24) is 10.6 Å². The van der Waals surface area contributed by atoms with E-state index in [4.69, 9.17) is 0 Å². The SMILES string of the molecule is COC(=O)NCCCCCCNC(=O)OC. The molecule has 0 aliphatic rings. The normalized spacial score (nSPS) is 9.38. The van der Waals surface area contributed by atoms with Gasteiger partial charge < -0.3 is 20.1 Å². The molecule has 0 saturated heterocycles. The lowest BCUT2D eigenvalue weighted by molar-refractivity contribution is 0.169. The molecule has 6 nitrogen and oxygen atoms in total. The van der Waals surface area contributed by atoms with Gasteiger partial charge in [0, 0.05) is 13.1 Å². The summed E-state index contributed by atoms with van der Waals surface area (Å²) in [4.78, 5) is 21.3. The number of alkyl carbamates (subject to hydrolysis) is 2. The molecule has 0 aliphatic carbocycles. The maximum absolute atomic E-state index is 10.7. The zero-order valence-electron chi connectivity index (χ0n) is 9.88. The Labute approximate surface area is 95.7 Å². The van der Waals surface area contributed by atoms with Crippen LogP contribution in [0.5, 0.6) is 0 Å². The third-order valence-electron chi connectivity index (χ3n) is 2.01. The first-order valence-corrected chi connectivity index (χ1v) is 5.34. The molecule has 94 valence electrons. The first-order valence-electron chi connectivity index (χ1n) is 5.34. The van der Waals surface area contributed by atoms with E-state index in [1.54, 1.807) is 0 Å². The second-order valence-electron chi connectivity index (χ2n) is 3.25. The Hall–Kier alpha value is -1.46. The van der Waals surface area contributed by atoms with E-state index in [0.29, 0.717) is 13.1 Å². The fraction of sp³-hybridized carbons (Fsp3) is 0.800. The fourth-order valence-corrected chi connectivity index (χ4v) is 1.13. The summed E-state index contributed by atoms with van der Waals surface area (Å²) in [6.07, 6.45) is 3.04. The van der Waals surface area contributed by atoms with Crippen molar-refractivity contribution < 1.29 is 19.1 Å². The van der Waals surface area contributed by atoms with Gasteiger partial charge in [-0.05, 0) is 12.8 Å². The maximum Gasteiger partial charge on any atom is 0.406 e. The molecule has 0 aromatic heterocycles. The summed E-state index contributed by atoms with van der Waals surface area (Å²) in [6, 6.07) is 0. The highest BCUT2D eigenvalue weighted by molar-refractivity contribution is 5.67. The van der Waals surface area contributed by atoms with Gasteiger partial charge in [0.2, 0.25) is 0 Å². The molecular formula is C10H20N2O4. The lowest BCUT2D eigenvalue weighted by Crippen LogP contribution is -2.24. The van der Waals surface area contributed by atoms with Crippen molar-refractivity contribution in [2.45, 2.75) is 25.7 Å². The van der Waals surface area contributed by atoms with E-state index >= 15 is 0 Å². The quantitative estimate of drug-likeness (QED) is 0.648. The van der Waals surface area contributed by atoms with Crippen LogP contribution in [0.4, 0.5) is 9.59 Å². The van der Waals surface area contributed by atoms with Gasteiger partial charge in [0.15, 0.2) is 0 Å². The van der Waals surface area contributed by atoms with E-state index < -0.39 is 12.2 Å². The summed E-state index contributed by atoms with van der Waals surface area (Å²) in [5.41, 5.74) is 0. The van der Waals surface area contributed by atoms with E-state index in [9.17, 15) is 9.59 Å². The predicted molar refractivity (Wildman–Crippen MR) is 59.3 cm³/mol. The van der Waals surface area contributed by atoms with E-state index in [0.717, 1.165) is 25.7 Å². The van der Waals surface area contributed by atoms with Gasteiger partial charge in [-0.3, -0.25) is 0 Å². The molecule has 2 N–H and O–H groups in total. The molecule has 0 aromatic rings. The van der Waals surface area contributed by atoms with E-state index in [2.05, 4.69) is 20.1 Å². The zero-order chi connectivity index (χ0) is 12.2. The number of hydrogen-bond acceptors (Lipinski definition) is 4. The summed E-state index contributed by atoms with van der Waals surface area (Å²) in [7, 11) is 2.68. The molecule has 16 heavy (non-hydrogen) atoms. The predicted octanol–water partition coefficient (Wildman–Crippen LogP) is 1.26. The topological polar surface area (TPSA) is 76.7 Å². The highest BCUT2D eigenvalue weighted by Crippen LogP contribution is 1.97. The minimum atomic E-state index is -0.396. The van der Waals surface area contributed by atoms with Crippen LogP contribution in [0.15, 0.2) is 0 Å². The van der Waals surface area contributed by atoms with Gasteiger partial charge in [-0.15, -0.1) is 0 Å². The van der Waals surface area contributed by atoms with Crippen molar-refractivity contribution in [1.29, 1.82) is 0 Å². The summed E-state index contributed by atoms with van der Waals surface area (Å²) in [5, 5.41) is 5.20. The summed E-state index contributed by atoms with van der Waals surface area (Å²) >= 11 is 0. The molecule has 0 saturated carbocycles. The molecule has 2 amide bonds. The first-order chi connectivity index (χ1) is 7.70. The third kappa shape index (κ3) is 9.11. The molecule has 0 aliphatic heterocycles. The van der Waals surface area contributed by atoms with Gasteiger partial charge in [-0.1, -0.05) is 12.8 Å². The Kier molecular flexibility index (Phi) is 9.15. The molecule has 0 spiro atoms. The minimum absolute atomic E-state index is 0.396. The van der Waals surface area contributed by atoms with Crippen LogP contribution in [0.3, 0.4) is 0 Å². The molecule has 0 heterocycles. The number of amides is 2. The maximum atomic E-state index is 10.7. The summed E-state index contributed by atoms with van der Waals surface area (Å²) in [5.74, 6) is 0. The van der Waals surface area contributed by atoms with Crippen LogP contribution in [-0.4, -0.2) is 39.5 Å². The molecule has 0 rings (SSSR count). The Morgan fingerprint density at radius 1 is 0.812 bits per heavy atom. The van der Waals surface area contributed by atoms with Crippen molar-refractivity contribution in [3.63, 3.8) is 0 Å². The van der Waals surface area contributed by atoms with Gasteiger partial charge in [0.05, 0.1) is 14.2 Å². The zero-order valence-corrected chi connectivity index (χ0v) is 9.88. The van der Waals surface area contributed by atoms with Crippen molar-refractivity contribution in [2.24, 2.45) is 0 Å². The second kappa shape index (κ2) is 10.1. The lowest BCUT2D eigenvalue weighted by Gasteiger charge is -2.04. The standard InChI is InChI=1S/C10H20N2O4/c1-15-9(13)11-7-5-3-4-6-8-12-10(14)16-2/h3-8H2,1-2H3,(H,11,13)(H,12,14). The van der Waals surface area contributed by atoms with Crippen LogP contribution in [0.2, 0.25) is 0 Å². The number of carbonyl (C=O) groups excluding carboxylic acids is 2. The van der Waals surface area contributed by atoms with Crippen LogP contribution >= 0.6 is 0 Å². The summed E-state index contributed by atoms with van der Waals surface area (Å²) < 4.78 is 8.85. The van der Waals surface area contributed by atoms with E-state index in [-0.39, 0.29) is 0 Å². The molecule has 0 fully saturated rings. The number of unbranched alkanes of at least 4 members (excludes halogenated alkanes) is 3. The fourth-order valence-electron chi connectivity index (χ4n) is 1.13. The minimum Gasteiger partial charge on any atom is -0.453 e. The molecule has 0 bridgehead atoms. The van der Waals surface area contributed by atoms with Crippen LogP contribution in [0.1, 0.15) is 25.7 Å². The van der Waals surface area contributed by atoms with Gasteiger partial charge in [-0.2, -0.15) is 0 Å². The number of rotatable bonds is 7. The Bertz CT molecular complexity index is 187. The number of ether oxygens (including phenoxy) is 2. The van der Waals surface area contributed by atoms with Crippen LogP contribution < -0.4 is 10.6 Å². The Balaban J connectivity index is 3.10. The molecule has 0 atom stereocenters. The second-order valence-corrected chi connectivity index (χ2v) is 3.25. The highest BCUT2D eigenvalue weighted by atomic mass is 16.5. The van der Waals surface area contributed by atoms with Crippen LogP contribution in [0.25, 0.3) is 0 Å². The number of carbonyl (C=O) groups is 2. The average Bonchev–Trinajstić information content (AvgIpc) is 2.31. The van der Waals surface area contributed by atoms with Crippen LogP contribution in [0, 0.1) is 0 Å². The largest absolute Gasteiger partial charge is 0.453 e. The molecule has 0 radical (unpaired) electrons. The molecule has 0 aromatic carbocycles. The number of hydrogen-bond donors (Lipinski definition) is 2. The number of methoxy groups -OCH3 is 2. The van der Waals surface area contributed by atoms with Crippen LogP contribution in [-0.2, 0) is 9.47 Å². The van der Waals surface area contributed by atoms with E-state index in [1.165, 1.54) is 14.2 Å². The van der Waals surface area contributed by atoms with Crippen molar-refractivity contribution in [3.05, 3.63) is 0 Å². The van der Waals surface area contributed by atoms with Gasteiger partial charge in [0.1, 0.15) is 0 Å². The van der Waals surface area contributed by atoms with E-state index in [1.807, 2.05) is 0 Å². The Morgan fingerprint density at radius 3 is 1.50 bits per heavy atom. The van der Waals surface area contributed by atoms with Gasteiger partial charge >= 0.3 is 12.2 Å². The van der Waals surface area contributed by atoms with Gasteiger partial charge in [0.25, 0.3) is 0 Å². The average molecular weight is 232 g/mol. The lowest BCUT2D eigenvalue weighted by atomic mass is 10.2. The Morgan fingerprint density at radius 2 is 1.19 bits per heavy atom. The smallest absolute Gasteiger partial charge is 0.406 e. The molecule has 6 heteroatoms. The highest BCUT2D eigenvalue weighted by Gasteiger charge is 1.98. The van der Waals surface area contributed by atoms with Gasteiger partial charge in [-0.25, -0.2) is 9.59 Å². The van der Waals surface area contributed by atoms with Crippen molar-refractivity contribution >= 4 is 12.2 Å². The monoisotopic (exact) mass is 232 g/mol. The first kappa shape index (κ1) is 14.5.